The molecule has 0 fully saturated rings. The van der Waals surface area contributed by atoms with Crippen LogP contribution in [0.25, 0.3) is 0 Å². The van der Waals surface area contributed by atoms with Gasteiger partial charge < -0.3 is 10.4 Å². The quantitative estimate of drug-likeness (QED) is 0.717. The molecule has 1 aromatic carbocycles. The molecule has 1 unspecified atom stereocenters. The number of rotatable bonds is 7. The van der Waals surface area contributed by atoms with Crippen molar-refractivity contribution in [1.29, 1.82) is 0 Å². The van der Waals surface area contributed by atoms with Crippen molar-refractivity contribution in [1.82, 2.24) is 10.0 Å². The van der Waals surface area contributed by atoms with E-state index in [0.717, 1.165) is 18.2 Å². The molecule has 0 heterocycles. The van der Waals surface area contributed by atoms with Crippen LogP contribution < -0.4 is 10.0 Å². The first-order valence-corrected chi connectivity index (χ1v) is 8.53. The number of hydrogen-bond acceptors (Lipinski definition) is 4. The van der Waals surface area contributed by atoms with Gasteiger partial charge in [-0.15, -0.1) is 0 Å². The summed E-state index contributed by atoms with van der Waals surface area (Å²) in [5.74, 6) is 0.239. The second-order valence-corrected chi connectivity index (χ2v) is 7.44. The van der Waals surface area contributed by atoms with Gasteiger partial charge in [-0.2, -0.15) is 0 Å². The van der Waals surface area contributed by atoms with Gasteiger partial charge in [0.15, 0.2) is 0 Å². The summed E-state index contributed by atoms with van der Waals surface area (Å²) in [6.45, 7) is 6.25. The first kappa shape index (κ1) is 16.9. The van der Waals surface area contributed by atoms with Gasteiger partial charge in [0.1, 0.15) is 5.75 Å². The molecular formula is C14H24N2O3S. The highest BCUT2D eigenvalue weighted by atomic mass is 32.2. The lowest BCUT2D eigenvalue weighted by Gasteiger charge is -2.28. The van der Waals surface area contributed by atoms with Crippen molar-refractivity contribution < 1.29 is 13.5 Å². The van der Waals surface area contributed by atoms with Gasteiger partial charge in [0.25, 0.3) is 0 Å². The van der Waals surface area contributed by atoms with Crippen molar-refractivity contribution in [2.75, 3.05) is 12.8 Å². The molecule has 20 heavy (non-hydrogen) atoms. The maximum absolute atomic E-state index is 11.3. The van der Waals surface area contributed by atoms with Crippen LogP contribution in [0, 0.1) is 0 Å². The van der Waals surface area contributed by atoms with Crippen molar-refractivity contribution in [3.8, 4) is 5.75 Å². The maximum atomic E-state index is 11.3. The fourth-order valence-corrected chi connectivity index (χ4v) is 3.20. The zero-order valence-corrected chi connectivity index (χ0v) is 13.3. The Bertz CT molecular complexity index is 524. The molecule has 0 aliphatic carbocycles. The summed E-state index contributed by atoms with van der Waals surface area (Å²) in [5, 5.41) is 12.7. The van der Waals surface area contributed by atoms with E-state index in [-0.39, 0.29) is 11.8 Å². The normalized spacial score (nSPS) is 14.2. The number of sulfonamides is 1. The van der Waals surface area contributed by atoms with Crippen LogP contribution in [0.2, 0.25) is 0 Å². The molecule has 1 atom stereocenters. The highest BCUT2D eigenvalue weighted by molar-refractivity contribution is 7.88. The summed E-state index contributed by atoms with van der Waals surface area (Å²) < 4.78 is 25.2. The third-order valence-electron chi connectivity index (χ3n) is 2.96. The van der Waals surface area contributed by atoms with E-state index in [0.29, 0.717) is 6.54 Å². The van der Waals surface area contributed by atoms with E-state index in [1.54, 1.807) is 12.1 Å². The average Bonchev–Trinajstić information content (AvgIpc) is 2.29. The molecule has 0 spiro atoms. The molecule has 0 radical (unpaired) electrons. The zero-order chi connectivity index (χ0) is 15.4. The van der Waals surface area contributed by atoms with Gasteiger partial charge in [-0.05, 0) is 38.0 Å². The van der Waals surface area contributed by atoms with E-state index >= 15 is 0 Å². The van der Waals surface area contributed by atoms with Gasteiger partial charge in [0.2, 0.25) is 10.0 Å². The molecule has 1 rings (SSSR count). The van der Waals surface area contributed by atoms with Crippen molar-refractivity contribution in [3.63, 3.8) is 0 Å². The molecule has 0 saturated heterocycles. The van der Waals surface area contributed by atoms with Crippen LogP contribution in [-0.2, 0) is 10.0 Å². The molecule has 0 aliphatic heterocycles. The summed E-state index contributed by atoms with van der Waals surface area (Å²) in [6.07, 6.45) is 2.03. The summed E-state index contributed by atoms with van der Waals surface area (Å²) in [4.78, 5) is 0. The first-order valence-electron chi connectivity index (χ1n) is 6.64. The predicted molar refractivity (Wildman–Crippen MR) is 81.2 cm³/mol. The Morgan fingerprint density at radius 2 is 1.80 bits per heavy atom. The number of hydrogen-bond donors (Lipinski definition) is 3. The fourth-order valence-electron chi connectivity index (χ4n) is 2.12. The van der Waals surface area contributed by atoms with Crippen LogP contribution in [0.4, 0.5) is 0 Å². The topological polar surface area (TPSA) is 78.4 Å². The molecule has 3 N–H and O–H groups in total. The standard InChI is InChI=1S/C14H24N2O3S/c1-5-13(11-6-8-12(17)9-7-11)15-10-14(2,3)16-20(4,18)19/h6-9,13,15-17H,5,10H2,1-4H3. The van der Waals surface area contributed by atoms with Gasteiger partial charge in [-0.3, -0.25) is 0 Å². The van der Waals surface area contributed by atoms with Gasteiger partial charge in [-0.25, -0.2) is 13.1 Å². The number of nitrogens with one attached hydrogen (secondary N) is 2. The number of aromatic hydroxyl groups is 1. The Balaban J connectivity index is 2.68. The molecule has 0 aromatic heterocycles. The second kappa shape index (κ2) is 6.56. The van der Waals surface area contributed by atoms with Gasteiger partial charge in [0.05, 0.1) is 6.26 Å². The van der Waals surface area contributed by atoms with E-state index in [2.05, 4.69) is 17.0 Å². The second-order valence-electron chi connectivity index (χ2n) is 5.69. The Morgan fingerprint density at radius 1 is 1.25 bits per heavy atom. The van der Waals surface area contributed by atoms with Crippen LogP contribution in [-0.4, -0.2) is 31.9 Å². The van der Waals surface area contributed by atoms with Crippen molar-refractivity contribution in [2.45, 2.75) is 38.8 Å². The van der Waals surface area contributed by atoms with E-state index < -0.39 is 15.6 Å². The lowest BCUT2D eigenvalue weighted by atomic mass is 10.0. The molecule has 1 aromatic rings. The van der Waals surface area contributed by atoms with Gasteiger partial charge >= 0.3 is 0 Å². The lowest BCUT2D eigenvalue weighted by molar-refractivity contribution is 0.386. The summed E-state index contributed by atoms with van der Waals surface area (Å²) in [6, 6.07) is 7.16. The number of benzene rings is 1. The molecule has 114 valence electrons. The monoisotopic (exact) mass is 300 g/mol. The van der Waals surface area contributed by atoms with Crippen LogP contribution >= 0.6 is 0 Å². The van der Waals surface area contributed by atoms with Crippen molar-refractivity contribution in [2.24, 2.45) is 0 Å². The molecule has 6 heteroatoms. The smallest absolute Gasteiger partial charge is 0.209 e. The zero-order valence-electron chi connectivity index (χ0n) is 12.5. The molecule has 0 amide bonds. The third-order valence-corrected chi connectivity index (χ3v) is 3.88. The Hall–Kier alpha value is -1.11. The first-order chi connectivity index (χ1) is 9.13. The molecular weight excluding hydrogens is 276 g/mol. The highest BCUT2D eigenvalue weighted by Crippen LogP contribution is 2.20. The maximum Gasteiger partial charge on any atom is 0.209 e. The minimum Gasteiger partial charge on any atom is -0.508 e. The third kappa shape index (κ3) is 5.90. The number of phenolic OH excluding ortho intramolecular Hbond substituents is 1. The SMILES string of the molecule is CCC(NCC(C)(C)NS(C)(=O)=O)c1ccc(O)cc1. The van der Waals surface area contributed by atoms with E-state index in [1.807, 2.05) is 26.0 Å². The van der Waals surface area contributed by atoms with Crippen LogP contribution in [0.5, 0.6) is 5.75 Å². The predicted octanol–water partition coefficient (Wildman–Crippen LogP) is 1.76. The van der Waals surface area contributed by atoms with Gasteiger partial charge in [0, 0.05) is 18.1 Å². The minimum atomic E-state index is -3.23. The van der Waals surface area contributed by atoms with Crippen molar-refractivity contribution >= 4 is 10.0 Å². The lowest BCUT2D eigenvalue weighted by Crippen LogP contribution is -2.50. The van der Waals surface area contributed by atoms with Crippen molar-refractivity contribution in [3.05, 3.63) is 29.8 Å². The van der Waals surface area contributed by atoms with E-state index in [4.69, 9.17) is 0 Å². The largest absolute Gasteiger partial charge is 0.508 e. The molecule has 0 aliphatic rings. The molecule has 0 bridgehead atoms. The van der Waals surface area contributed by atoms with E-state index in [9.17, 15) is 13.5 Å². The van der Waals surface area contributed by atoms with Crippen LogP contribution in [0.3, 0.4) is 0 Å². The Kier molecular flexibility index (Phi) is 5.56. The molecule has 5 nitrogen and oxygen atoms in total. The fraction of sp³-hybridized carbons (Fsp3) is 0.571. The Morgan fingerprint density at radius 3 is 2.25 bits per heavy atom. The average molecular weight is 300 g/mol. The number of phenols is 1. The highest BCUT2D eigenvalue weighted by Gasteiger charge is 2.23. The van der Waals surface area contributed by atoms with Crippen LogP contribution in [0.1, 0.15) is 38.8 Å². The summed E-state index contributed by atoms with van der Waals surface area (Å²) >= 11 is 0. The minimum absolute atomic E-state index is 0.122. The summed E-state index contributed by atoms with van der Waals surface area (Å²) in [5.41, 5.74) is 0.512. The Labute approximate surface area is 121 Å². The molecule has 0 saturated carbocycles. The van der Waals surface area contributed by atoms with E-state index in [1.165, 1.54) is 0 Å². The van der Waals surface area contributed by atoms with Gasteiger partial charge in [-0.1, -0.05) is 19.1 Å². The van der Waals surface area contributed by atoms with Crippen LogP contribution in [0.15, 0.2) is 24.3 Å². The summed E-state index contributed by atoms with van der Waals surface area (Å²) in [7, 11) is -3.23.